The second-order valence-corrected chi connectivity index (χ2v) is 8.34. The van der Waals surface area contributed by atoms with E-state index in [1.54, 1.807) is 0 Å². The maximum absolute atomic E-state index is 6.03. The van der Waals surface area contributed by atoms with Crippen LogP contribution in [0.15, 0.2) is 60.7 Å². The van der Waals surface area contributed by atoms with Crippen molar-refractivity contribution in [3.63, 3.8) is 0 Å². The Morgan fingerprint density at radius 2 is 1.79 bits per heavy atom. The minimum Gasteiger partial charge on any atom is -0.0894 e. The van der Waals surface area contributed by atoms with Crippen molar-refractivity contribution in [2.24, 2.45) is 5.92 Å². The normalized spacial score (nSPS) is 18.4. The molecule has 0 radical (unpaired) electrons. The maximum Gasteiger partial charge on any atom is 0.0487 e. The highest BCUT2D eigenvalue weighted by atomic mass is 35.5. The molecule has 0 unspecified atom stereocenters. The number of halogens is 1. The fourth-order valence-electron chi connectivity index (χ4n) is 4.53. The summed E-state index contributed by atoms with van der Waals surface area (Å²) >= 11 is 6.03. The lowest BCUT2D eigenvalue weighted by Crippen LogP contribution is -2.20. The van der Waals surface area contributed by atoms with E-state index < -0.39 is 0 Å². The maximum atomic E-state index is 6.03. The Kier molecular flexibility index (Phi) is 6.04. The van der Waals surface area contributed by atoms with Crippen molar-refractivity contribution in [3.8, 4) is 11.8 Å². The summed E-state index contributed by atoms with van der Waals surface area (Å²) in [6.45, 7) is 2.28. The van der Waals surface area contributed by atoms with Crippen molar-refractivity contribution in [2.45, 2.75) is 51.4 Å². The molecule has 28 heavy (non-hydrogen) atoms. The topological polar surface area (TPSA) is 0 Å². The minimum atomic E-state index is 0.320. The Bertz CT molecular complexity index is 1000. The van der Waals surface area contributed by atoms with Crippen LogP contribution < -0.4 is 0 Å². The lowest BCUT2D eigenvalue weighted by molar-refractivity contribution is 0.382. The molecule has 4 rings (SSSR count). The number of benzene rings is 3. The van der Waals surface area contributed by atoms with Gasteiger partial charge in [0, 0.05) is 16.5 Å². The SMILES string of the molecule is CCCCC[C@@H]1CCc2c(ccc3ccccc23)[C@H]1C#Cc1ccc(Cl)cc1. The van der Waals surface area contributed by atoms with Crippen LogP contribution >= 0.6 is 11.6 Å². The molecule has 142 valence electrons. The Labute approximate surface area is 173 Å². The molecule has 1 heteroatoms. The average molecular weight is 387 g/mol. The molecule has 3 aromatic carbocycles. The molecule has 0 fully saturated rings. The summed E-state index contributed by atoms with van der Waals surface area (Å²) in [5, 5.41) is 3.51. The summed E-state index contributed by atoms with van der Waals surface area (Å²) in [6, 6.07) is 21.3. The molecule has 0 spiro atoms. The van der Waals surface area contributed by atoms with Crippen LogP contribution in [0.4, 0.5) is 0 Å². The van der Waals surface area contributed by atoms with Crippen molar-refractivity contribution in [3.05, 3.63) is 82.4 Å². The first kappa shape index (κ1) is 19.1. The molecule has 1 aliphatic rings. The molecule has 0 bridgehead atoms. The van der Waals surface area contributed by atoms with Crippen molar-refractivity contribution >= 4 is 22.4 Å². The standard InChI is InChI=1S/C27H27Cl/c1-2-3-4-7-22-14-18-26-24-9-6-5-8-21(24)13-19-27(26)25(22)17-12-20-10-15-23(28)16-11-20/h5-6,8-11,13,15-16,19,22,25H,2-4,7,14,18H2,1H3/t22-,25+/m1/s1. The lowest BCUT2D eigenvalue weighted by atomic mass is 9.72. The van der Waals surface area contributed by atoms with E-state index in [4.69, 9.17) is 11.6 Å². The quantitative estimate of drug-likeness (QED) is 0.317. The van der Waals surface area contributed by atoms with Gasteiger partial charge in [-0.3, -0.25) is 0 Å². The van der Waals surface area contributed by atoms with E-state index in [0.29, 0.717) is 11.8 Å². The van der Waals surface area contributed by atoms with E-state index in [1.165, 1.54) is 60.4 Å². The van der Waals surface area contributed by atoms with Crippen LogP contribution in [0.2, 0.25) is 5.02 Å². The van der Waals surface area contributed by atoms with Crippen LogP contribution in [0.25, 0.3) is 10.8 Å². The molecule has 0 N–H and O–H groups in total. The number of hydrogen-bond acceptors (Lipinski definition) is 0. The predicted molar refractivity (Wildman–Crippen MR) is 121 cm³/mol. The van der Waals surface area contributed by atoms with E-state index >= 15 is 0 Å². The van der Waals surface area contributed by atoms with E-state index in [2.05, 4.69) is 55.2 Å². The second kappa shape index (κ2) is 8.85. The second-order valence-electron chi connectivity index (χ2n) is 7.90. The van der Waals surface area contributed by atoms with Crippen LogP contribution in [0.5, 0.6) is 0 Å². The van der Waals surface area contributed by atoms with E-state index in [1.807, 2.05) is 24.3 Å². The molecule has 2 atom stereocenters. The van der Waals surface area contributed by atoms with Gasteiger partial charge in [0.2, 0.25) is 0 Å². The number of fused-ring (bicyclic) bond motifs is 3. The third kappa shape index (κ3) is 4.11. The summed E-state index contributed by atoms with van der Waals surface area (Å²) in [5.74, 6) is 8.08. The summed E-state index contributed by atoms with van der Waals surface area (Å²) < 4.78 is 0. The van der Waals surface area contributed by atoms with E-state index in [9.17, 15) is 0 Å². The summed E-state index contributed by atoms with van der Waals surface area (Å²) in [7, 11) is 0. The first-order chi connectivity index (χ1) is 13.8. The molecule has 0 heterocycles. The van der Waals surface area contributed by atoms with Gasteiger partial charge in [0.1, 0.15) is 0 Å². The van der Waals surface area contributed by atoms with Gasteiger partial charge in [0.15, 0.2) is 0 Å². The van der Waals surface area contributed by atoms with Crippen molar-refractivity contribution in [1.29, 1.82) is 0 Å². The van der Waals surface area contributed by atoms with Gasteiger partial charge in [-0.05, 0) is 71.3 Å². The highest BCUT2D eigenvalue weighted by molar-refractivity contribution is 6.30. The molecule has 0 amide bonds. The molecule has 0 saturated carbocycles. The third-order valence-corrected chi connectivity index (χ3v) is 6.30. The summed E-state index contributed by atoms with van der Waals surface area (Å²) in [5.41, 5.74) is 4.01. The van der Waals surface area contributed by atoms with Gasteiger partial charge in [-0.2, -0.15) is 0 Å². The Morgan fingerprint density at radius 3 is 2.61 bits per heavy atom. The average Bonchev–Trinajstić information content (AvgIpc) is 2.73. The number of unbranched alkanes of at least 4 members (excludes halogenated alkanes) is 2. The fourth-order valence-corrected chi connectivity index (χ4v) is 4.66. The number of hydrogen-bond donors (Lipinski definition) is 0. The lowest BCUT2D eigenvalue weighted by Gasteiger charge is -2.31. The number of rotatable bonds is 4. The molecule has 0 aromatic heterocycles. The highest BCUT2D eigenvalue weighted by Crippen LogP contribution is 2.41. The zero-order valence-corrected chi connectivity index (χ0v) is 17.3. The zero-order valence-electron chi connectivity index (χ0n) is 16.5. The largest absolute Gasteiger partial charge is 0.0894 e. The van der Waals surface area contributed by atoms with E-state index in [0.717, 1.165) is 10.6 Å². The zero-order chi connectivity index (χ0) is 19.3. The predicted octanol–water partition coefficient (Wildman–Crippen LogP) is 7.77. The summed E-state index contributed by atoms with van der Waals surface area (Å²) in [6.07, 6.45) is 7.59. The Hall–Kier alpha value is -2.23. The van der Waals surface area contributed by atoms with Crippen LogP contribution in [-0.2, 0) is 6.42 Å². The molecule has 0 nitrogen and oxygen atoms in total. The minimum absolute atomic E-state index is 0.320. The van der Waals surface area contributed by atoms with E-state index in [-0.39, 0.29) is 0 Å². The monoisotopic (exact) mass is 386 g/mol. The fraction of sp³-hybridized carbons (Fsp3) is 0.333. The molecule has 3 aromatic rings. The van der Waals surface area contributed by atoms with Gasteiger partial charge < -0.3 is 0 Å². The van der Waals surface area contributed by atoms with Crippen LogP contribution in [-0.4, -0.2) is 0 Å². The molecular weight excluding hydrogens is 360 g/mol. The van der Waals surface area contributed by atoms with Gasteiger partial charge in [0.25, 0.3) is 0 Å². The Balaban J connectivity index is 1.72. The van der Waals surface area contributed by atoms with Crippen LogP contribution in [0.3, 0.4) is 0 Å². The third-order valence-electron chi connectivity index (χ3n) is 6.04. The van der Waals surface area contributed by atoms with Crippen molar-refractivity contribution in [2.75, 3.05) is 0 Å². The van der Waals surface area contributed by atoms with Gasteiger partial charge >= 0.3 is 0 Å². The molecule has 1 aliphatic carbocycles. The highest BCUT2D eigenvalue weighted by Gasteiger charge is 2.28. The molecule has 0 aliphatic heterocycles. The van der Waals surface area contributed by atoms with Crippen molar-refractivity contribution in [1.82, 2.24) is 0 Å². The molecule has 0 saturated heterocycles. The molecular formula is C27H27Cl. The van der Waals surface area contributed by atoms with Gasteiger partial charge in [0.05, 0.1) is 0 Å². The smallest absolute Gasteiger partial charge is 0.0487 e. The first-order valence-corrected chi connectivity index (χ1v) is 10.9. The summed E-state index contributed by atoms with van der Waals surface area (Å²) in [4.78, 5) is 0. The Morgan fingerprint density at radius 1 is 0.964 bits per heavy atom. The van der Waals surface area contributed by atoms with Crippen LogP contribution in [0.1, 0.15) is 61.6 Å². The van der Waals surface area contributed by atoms with Gasteiger partial charge in [-0.1, -0.05) is 86.0 Å². The van der Waals surface area contributed by atoms with Crippen LogP contribution in [0, 0.1) is 17.8 Å². The van der Waals surface area contributed by atoms with Crippen molar-refractivity contribution < 1.29 is 0 Å². The van der Waals surface area contributed by atoms with Gasteiger partial charge in [-0.15, -0.1) is 0 Å². The van der Waals surface area contributed by atoms with Gasteiger partial charge in [-0.25, -0.2) is 0 Å². The number of aryl methyl sites for hydroxylation is 1. The first-order valence-electron chi connectivity index (χ1n) is 10.5.